The van der Waals surface area contributed by atoms with Gasteiger partial charge in [0.15, 0.2) is 0 Å². The third-order valence-electron chi connectivity index (χ3n) is 3.37. The van der Waals surface area contributed by atoms with E-state index in [1.54, 1.807) is 11.3 Å². The van der Waals surface area contributed by atoms with Crippen molar-refractivity contribution in [2.24, 2.45) is 11.8 Å². The SMILES string of the molecule is CC1CCCC1CNCc1ccc(Cl)s1. The first-order chi connectivity index (χ1) is 7.25. The van der Waals surface area contributed by atoms with Crippen molar-refractivity contribution in [2.75, 3.05) is 6.54 Å². The van der Waals surface area contributed by atoms with Crippen molar-refractivity contribution in [1.82, 2.24) is 5.32 Å². The van der Waals surface area contributed by atoms with Crippen LogP contribution < -0.4 is 5.32 Å². The first-order valence-electron chi connectivity index (χ1n) is 5.70. The smallest absolute Gasteiger partial charge is 0.0931 e. The molecule has 0 amide bonds. The average molecular weight is 244 g/mol. The summed E-state index contributed by atoms with van der Waals surface area (Å²) < 4.78 is 0.890. The molecule has 0 bridgehead atoms. The molecule has 1 N–H and O–H groups in total. The molecule has 1 saturated carbocycles. The largest absolute Gasteiger partial charge is 0.312 e. The van der Waals surface area contributed by atoms with E-state index >= 15 is 0 Å². The molecular formula is C12H18ClNS. The quantitative estimate of drug-likeness (QED) is 0.845. The van der Waals surface area contributed by atoms with Gasteiger partial charge in [-0.25, -0.2) is 0 Å². The summed E-state index contributed by atoms with van der Waals surface area (Å²) >= 11 is 7.55. The van der Waals surface area contributed by atoms with Crippen LogP contribution in [-0.2, 0) is 6.54 Å². The van der Waals surface area contributed by atoms with Gasteiger partial charge in [-0.2, -0.15) is 0 Å². The Hall–Kier alpha value is -0.0500. The van der Waals surface area contributed by atoms with Crippen molar-refractivity contribution in [3.05, 3.63) is 21.3 Å². The third-order valence-corrected chi connectivity index (χ3v) is 4.60. The van der Waals surface area contributed by atoms with Crippen LogP contribution in [0.4, 0.5) is 0 Å². The van der Waals surface area contributed by atoms with Gasteiger partial charge in [0, 0.05) is 11.4 Å². The molecule has 2 atom stereocenters. The van der Waals surface area contributed by atoms with Crippen LogP contribution in [0.5, 0.6) is 0 Å². The Morgan fingerprint density at radius 2 is 2.33 bits per heavy atom. The van der Waals surface area contributed by atoms with Crippen LogP contribution in [0.3, 0.4) is 0 Å². The molecule has 2 unspecified atom stereocenters. The van der Waals surface area contributed by atoms with Gasteiger partial charge in [-0.15, -0.1) is 11.3 Å². The molecule has 0 radical (unpaired) electrons. The van der Waals surface area contributed by atoms with Crippen molar-refractivity contribution in [3.8, 4) is 0 Å². The van der Waals surface area contributed by atoms with Crippen molar-refractivity contribution in [2.45, 2.75) is 32.7 Å². The molecule has 1 heterocycles. The molecule has 0 aliphatic heterocycles. The van der Waals surface area contributed by atoms with Gasteiger partial charge in [-0.3, -0.25) is 0 Å². The summed E-state index contributed by atoms with van der Waals surface area (Å²) in [5, 5.41) is 3.54. The zero-order chi connectivity index (χ0) is 10.7. The van der Waals surface area contributed by atoms with Gasteiger partial charge < -0.3 is 5.32 Å². The van der Waals surface area contributed by atoms with Gasteiger partial charge in [-0.1, -0.05) is 31.4 Å². The first-order valence-corrected chi connectivity index (χ1v) is 6.90. The van der Waals surface area contributed by atoms with Gasteiger partial charge in [-0.05, 0) is 36.9 Å². The van der Waals surface area contributed by atoms with Crippen LogP contribution in [0.25, 0.3) is 0 Å². The van der Waals surface area contributed by atoms with Crippen LogP contribution in [0.1, 0.15) is 31.1 Å². The molecule has 0 spiro atoms. The van der Waals surface area contributed by atoms with E-state index in [9.17, 15) is 0 Å². The Balaban J connectivity index is 1.70. The fraction of sp³-hybridized carbons (Fsp3) is 0.667. The van der Waals surface area contributed by atoms with Gasteiger partial charge in [0.25, 0.3) is 0 Å². The Bertz CT molecular complexity index is 310. The first kappa shape index (κ1) is 11.4. The maximum atomic E-state index is 5.88. The van der Waals surface area contributed by atoms with E-state index < -0.39 is 0 Å². The lowest BCUT2D eigenvalue weighted by Crippen LogP contribution is -2.23. The van der Waals surface area contributed by atoms with Gasteiger partial charge in [0.1, 0.15) is 0 Å². The number of nitrogens with one attached hydrogen (secondary N) is 1. The fourth-order valence-corrected chi connectivity index (χ4v) is 3.41. The minimum atomic E-state index is 0.889. The number of rotatable bonds is 4. The molecule has 0 aromatic carbocycles. The predicted molar refractivity (Wildman–Crippen MR) is 67.5 cm³/mol. The third kappa shape index (κ3) is 3.20. The maximum Gasteiger partial charge on any atom is 0.0931 e. The number of hydrogen-bond acceptors (Lipinski definition) is 2. The summed E-state index contributed by atoms with van der Waals surface area (Å²) in [6.45, 7) is 4.51. The monoisotopic (exact) mass is 243 g/mol. The fourth-order valence-electron chi connectivity index (χ4n) is 2.35. The number of halogens is 1. The normalized spacial score (nSPS) is 26.0. The van der Waals surface area contributed by atoms with E-state index in [4.69, 9.17) is 11.6 Å². The summed E-state index contributed by atoms with van der Waals surface area (Å²) in [5.41, 5.74) is 0. The zero-order valence-electron chi connectivity index (χ0n) is 9.13. The summed E-state index contributed by atoms with van der Waals surface area (Å²) in [7, 11) is 0. The van der Waals surface area contributed by atoms with Gasteiger partial charge >= 0.3 is 0 Å². The molecule has 15 heavy (non-hydrogen) atoms. The van der Waals surface area contributed by atoms with Crippen molar-refractivity contribution >= 4 is 22.9 Å². The Morgan fingerprint density at radius 3 is 2.93 bits per heavy atom. The van der Waals surface area contributed by atoms with Gasteiger partial charge in [0.05, 0.1) is 4.34 Å². The highest BCUT2D eigenvalue weighted by Gasteiger charge is 2.22. The Morgan fingerprint density at radius 1 is 1.47 bits per heavy atom. The molecule has 1 nitrogen and oxygen atoms in total. The second-order valence-electron chi connectivity index (χ2n) is 4.50. The lowest BCUT2D eigenvalue weighted by molar-refractivity contribution is 0.392. The minimum Gasteiger partial charge on any atom is -0.312 e. The molecule has 2 rings (SSSR count). The van der Waals surface area contributed by atoms with Crippen LogP contribution in [0.2, 0.25) is 4.34 Å². The van der Waals surface area contributed by atoms with Crippen molar-refractivity contribution in [1.29, 1.82) is 0 Å². The Kier molecular flexibility index (Phi) is 4.06. The predicted octanol–water partition coefficient (Wildman–Crippen LogP) is 3.93. The molecule has 1 aromatic rings. The van der Waals surface area contributed by atoms with Crippen molar-refractivity contribution in [3.63, 3.8) is 0 Å². The van der Waals surface area contributed by atoms with Crippen LogP contribution in [0, 0.1) is 11.8 Å². The average Bonchev–Trinajstić information content (AvgIpc) is 2.77. The summed E-state index contributed by atoms with van der Waals surface area (Å²) in [6, 6.07) is 4.08. The second kappa shape index (κ2) is 5.33. The summed E-state index contributed by atoms with van der Waals surface area (Å²) in [4.78, 5) is 1.34. The second-order valence-corrected chi connectivity index (χ2v) is 6.30. The molecule has 1 aromatic heterocycles. The molecule has 1 aliphatic rings. The van der Waals surface area contributed by atoms with Crippen LogP contribution in [0.15, 0.2) is 12.1 Å². The lowest BCUT2D eigenvalue weighted by Gasteiger charge is -2.15. The summed E-state index contributed by atoms with van der Waals surface area (Å²) in [6.07, 6.45) is 4.23. The van der Waals surface area contributed by atoms with Crippen LogP contribution >= 0.6 is 22.9 Å². The Labute approximate surface area is 101 Å². The minimum absolute atomic E-state index is 0.889. The van der Waals surface area contributed by atoms with Gasteiger partial charge in [0.2, 0.25) is 0 Å². The maximum absolute atomic E-state index is 5.88. The van der Waals surface area contributed by atoms with E-state index in [0.717, 1.165) is 29.3 Å². The summed E-state index contributed by atoms with van der Waals surface area (Å²) in [5.74, 6) is 1.80. The number of thiophene rings is 1. The van der Waals surface area contributed by atoms with Crippen molar-refractivity contribution < 1.29 is 0 Å². The highest BCUT2D eigenvalue weighted by atomic mass is 35.5. The number of hydrogen-bond donors (Lipinski definition) is 1. The van der Waals surface area contributed by atoms with E-state index in [1.165, 1.54) is 24.1 Å². The molecule has 3 heteroatoms. The molecule has 1 fully saturated rings. The van der Waals surface area contributed by atoms with E-state index in [1.807, 2.05) is 6.07 Å². The van der Waals surface area contributed by atoms with E-state index in [0.29, 0.717) is 0 Å². The molecular weight excluding hydrogens is 226 g/mol. The highest BCUT2D eigenvalue weighted by molar-refractivity contribution is 7.16. The van der Waals surface area contributed by atoms with E-state index in [2.05, 4.69) is 18.3 Å². The van der Waals surface area contributed by atoms with Crippen LogP contribution in [-0.4, -0.2) is 6.54 Å². The van der Waals surface area contributed by atoms with E-state index in [-0.39, 0.29) is 0 Å². The highest BCUT2D eigenvalue weighted by Crippen LogP contribution is 2.30. The molecule has 0 saturated heterocycles. The molecule has 1 aliphatic carbocycles. The topological polar surface area (TPSA) is 12.0 Å². The standard InChI is InChI=1S/C12H18ClNS/c1-9-3-2-4-10(9)7-14-8-11-5-6-12(13)15-11/h5-6,9-10,14H,2-4,7-8H2,1H3. The molecule has 84 valence electrons. The zero-order valence-corrected chi connectivity index (χ0v) is 10.7. The lowest BCUT2D eigenvalue weighted by atomic mass is 9.98.